The molecule has 11 heteroatoms. The summed E-state index contributed by atoms with van der Waals surface area (Å²) in [5.74, 6) is 0.0537. The summed E-state index contributed by atoms with van der Waals surface area (Å²) in [5, 5.41) is 28.2. The highest BCUT2D eigenvalue weighted by atomic mass is 28.4. The van der Waals surface area contributed by atoms with Crippen LogP contribution in [0.3, 0.4) is 0 Å². The number of nitrogens with zero attached hydrogens (tertiary/aromatic N) is 2. The highest BCUT2D eigenvalue weighted by molar-refractivity contribution is 6.81. The maximum atomic E-state index is 11.5. The molecule has 9 nitrogen and oxygen atoms in total. The Labute approximate surface area is 195 Å². The monoisotopic (exact) mass is 489 g/mol. The second-order valence-electron chi connectivity index (χ2n) is 9.79. The predicted molar refractivity (Wildman–Crippen MR) is 132 cm³/mol. The molecule has 4 atom stereocenters. The highest BCUT2D eigenvalue weighted by Crippen LogP contribution is 2.42. The Bertz CT molecular complexity index is 738. The number of anilines is 1. The predicted octanol–water partition coefficient (Wildman–Crippen LogP) is 1.53. The van der Waals surface area contributed by atoms with E-state index in [2.05, 4.69) is 60.4 Å². The van der Waals surface area contributed by atoms with Crippen LogP contribution in [0, 0.1) is 0 Å². The number of aromatic nitrogens is 2. The van der Waals surface area contributed by atoms with Gasteiger partial charge in [-0.15, -0.1) is 0 Å². The first-order valence-corrected chi connectivity index (χ1v) is 14.9. The van der Waals surface area contributed by atoms with E-state index in [1.54, 1.807) is 0 Å². The van der Waals surface area contributed by atoms with E-state index in [4.69, 9.17) is 19.7 Å². The third-order valence-corrected chi connectivity index (χ3v) is 14.8. The molecule has 0 spiro atoms. The van der Waals surface area contributed by atoms with Gasteiger partial charge in [-0.3, -0.25) is 4.57 Å². The first kappa shape index (κ1) is 28.9. The summed E-state index contributed by atoms with van der Waals surface area (Å²) in [7, 11) is -1.85. The van der Waals surface area contributed by atoms with Crippen molar-refractivity contribution < 1.29 is 24.2 Å². The standard InChI is InChI=1S/C12H30OSi2.C9H13N3O5/c1-9(2)14-13-15(10(3)4,11(5)6)12(7)8;10-5-1-2-12(9(16)11-5)8-7(15)6(14)4(3-13)17-8/h9-12H,14H2,1-8H3;1-2,4,6-8,13-15H,3H2,(H2,10,11,16)/t;4-,6-,7-,8-/m.1/s1. The van der Waals surface area contributed by atoms with Gasteiger partial charge in [0, 0.05) is 6.20 Å². The van der Waals surface area contributed by atoms with E-state index in [1.165, 1.54) is 12.3 Å². The summed E-state index contributed by atoms with van der Waals surface area (Å²) >= 11 is 0. The van der Waals surface area contributed by atoms with E-state index in [1.807, 2.05) is 0 Å². The lowest BCUT2D eigenvalue weighted by atomic mass is 10.1. The van der Waals surface area contributed by atoms with Gasteiger partial charge in [-0.05, 0) is 28.2 Å². The largest absolute Gasteiger partial charge is 0.459 e. The lowest BCUT2D eigenvalue weighted by Gasteiger charge is -2.43. The number of aliphatic hydroxyl groups excluding tert-OH is 3. The fourth-order valence-electron chi connectivity index (χ4n) is 4.54. The van der Waals surface area contributed by atoms with E-state index in [9.17, 15) is 15.0 Å². The molecule has 5 N–H and O–H groups in total. The lowest BCUT2D eigenvalue weighted by molar-refractivity contribution is -0.0549. The normalized spacial score (nSPS) is 24.2. The van der Waals surface area contributed by atoms with Crippen LogP contribution >= 0.6 is 0 Å². The van der Waals surface area contributed by atoms with Crippen LogP contribution in [0.25, 0.3) is 0 Å². The Morgan fingerprint density at radius 1 is 1.12 bits per heavy atom. The molecule has 0 aromatic carbocycles. The highest BCUT2D eigenvalue weighted by Gasteiger charge is 2.45. The summed E-state index contributed by atoms with van der Waals surface area (Å²) in [5.41, 5.74) is 7.63. The van der Waals surface area contributed by atoms with E-state index in [0.29, 0.717) is 0 Å². The Morgan fingerprint density at radius 3 is 2.03 bits per heavy atom. The molecule has 1 fully saturated rings. The molecule has 1 aliphatic rings. The Kier molecular flexibility index (Phi) is 11.2. The van der Waals surface area contributed by atoms with Crippen molar-refractivity contribution in [3.05, 3.63) is 22.7 Å². The molecule has 1 aromatic heterocycles. The number of rotatable bonds is 8. The maximum Gasteiger partial charge on any atom is 0.351 e. The van der Waals surface area contributed by atoms with Crippen molar-refractivity contribution >= 4 is 23.9 Å². The van der Waals surface area contributed by atoms with Gasteiger partial charge in [-0.25, -0.2) is 4.79 Å². The minimum Gasteiger partial charge on any atom is -0.459 e. The fourth-order valence-corrected chi connectivity index (χ4v) is 15.0. The van der Waals surface area contributed by atoms with Gasteiger partial charge in [0.05, 0.1) is 6.61 Å². The van der Waals surface area contributed by atoms with Crippen molar-refractivity contribution in [2.24, 2.45) is 0 Å². The smallest absolute Gasteiger partial charge is 0.351 e. The molecule has 0 amide bonds. The molecule has 0 radical (unpaired) electrons. The summed E-state index contributed by atoms with van der Waals surface area (Å²) in [4.78, 5) is 15.0. The van der Waals surface area contributed by atoms with Crippen LogP contribution in [0.5, 0.6) is 0 Å². The lowest BCUT2D eigenvalue weighted by Crippen LogP contribution is -2.48. The second kappa shape index (κ2) is 12.4. The van der Waals surface area contributed by atoms with Crippen molar-refractivity contribution in [2.75, 3.05) is 12.3 Å². The van der Waals surface area contributed by atoms with Gasteiger partial charge in [0.15, 0.2) is 14.5 Å². The second-order valence-corrected chi connectivity index (χ2v) is 18.1. The molecular formula is C21H43N3O6Si2. The third-order valence-electron chi connectivity index (χ3n) is 6.02. The molecule has 32 heavy (non-hydrogen) atoms. The quantitative estimate of drug-likeness (QED) is 0.403. The molecule has 0 bridgehead atoms. The number of hydrogen-bond donors (Lipinski definition) is 4. The van der Waals surface area contributed by atoms with Crippen molar-refractivity contribution in [1.29, 1.82) is 0 Å². The zero-order valence-electron chi connectivity index (χ0n) is 20.7. The first-order valence-electron chi connectivity index (χ1n) is 11.4. The van der Waals surface area contributed by atoms with Gasteiger partial charge in [0.25, 0.3) is 0 Å². The van der Waals surface area contributed by atoms with E-state index in [0.717, 1.165) is 26.7 Å². The van der Waals surface area contributed by atoms with Gasteiger partial charge in [-0.1, -0.05) is 55.4 Å². The number of nitrogens with two attached hydrogens (primary N) is 1. The van der Waals surface area contributed by atoms with E-state index < -0.39 is 45.2 Å². The zero-order chi connectivity index (χ0) is 24.8. The third kappa shape index (κ3) is 6.72. The van der Waals surface area contributed by atoms with Gasteiger partial charge in [0.2, 0.25) is 0 Å². The minimum atomic E-state index is -1.53. The molecule has 1 saturated heterocycles. The van der Waals surface area contributed by atoms with Crippen LogP contribution in [0.15, 0.2) is 17.1 Å². The van der Waals surface area contributed by atoms with Crippen LogP contribution in [-0.4, -0.2) is 67.9 Å². The Hall–Kier alpha value is -1.09. The van der Waals surface area contributed by atoms with Crippen molar-refractivity contribution in [2.45, 2.75) is 102 Å². The topological polar surface area (TPSA) is 140 Å². The van der Waals surface area contributed by atoms with Crippen LogP contribution in [0.4, 0.5) is 5.82 Å². The van der Waals surface area contributed by atoms with Crippen LogP contribution < -0.4 is 11.4 Å². The van der Waals surface area contributed by atoms with Crippen molar-refractivity contribution in [3.8, 4) is 0 Å². The van der Waals surface area contributed by atoms with Crippen LogP contribution in [-0.2, 0) is 8.85 Å². The number of aliphatic hydroxyl groups is 3. The number of hydrogen-bond acceptors (Lipinski definition) is 8. The summed E-state index contributed by atoms with van der Waals surface area (Å²) in [6.07, 6.45) is -3.27. The minimum absolute atomic E-state index is 0.0537. The molecule has 0 unspecified atom stereocenters. The van der Waals surface area contributed by atoms with Gasteiger partial charge >= 0.3 is 5.69 Å². The molecular weight excluding hydrogens is 446 g/mol. The summed E-state index contributed by atoms with van der Waals surface area (Å²) in [6, 6.07) is 1.37. The molecule has 2 heterocycles. The van der Waals surface area contributed by atoms with E-state index >= 15 is 0 Å². The zero-order valence-corrected chi connectivity index (χ0v) is 23.1. The van der Waals surface area contributed by atoms with Gasteiger partial charge < -0.3 is 29.9 Å². The summed E-state index contributed by atoms with van der Waals surface area (Å²) < 4.78 is 12.7. The van der Waals surface area contributed by atoms with Crippen molar-refractivity contribution in [1.82, 2.24) is 9.55 Å². The average molecular weight is 490 g/mol. The number of nitrogen functional groups attached to an aromatic ring is 1. The number of ether oxygens (including phenoxy) is 1. The van der Waals surface area contributed by atoms with Gasteiger partial charge in [-0.2, -0.15) is 4.98 Å². The van der Waals surface area contributed by atoms with Crippen LogP contribution in [0.2, 0.25) is 22.2 Å². The van der Waals surface area contributed by atoms with E-state index in [-0.39, 0.29) is 15.6 Å². The molecule has 0 aliphatic carbocycles. The summed E-state index contributed by atoms with van der Waals surface area (Å²) in [6.45, 7) is 18.3. The fraction of sp³-hybridized carbons (Fsp3) is 0.810. The Morgan fingerprint density at radius 2 is 1.66 bits per heavy atom. The Balaban J connectivity index is 0.000000324. The maximum absolute atomic E-state index is 11.5. The molecule has 0 saturated carbocycles. The molecule has 1 aromatic rings. The molecule has 186 valence electrons. The van der Waals surface area contributed by atoms with Crippen molar-refractivity contribution in [3.63, 3.8) is 0 Å². The molecule has 2 rings (SSSR count). The SMILES string of the molecule is CC(C)[SiH2]O[Si](C(C)C)(C(C)C)C(C)C.Nc1ccn([C@@H]2O[C@H](CO)[C@@H](O)[C@H]2O)c(=O)n1. The first-order chi connectivity index (χ1) is 14.8. The van der Waals surface area contributed by atoms with Gasteiger partial charge in [0.1, 0.15) is 33.9 Å². The average Bonchev–Trinajstić information content (AvgIpc) is 2.96. The van der Waals surface area contributed by atoms with Crippen LogP contribution in [0.1, 0.15) is 61.6 Å². The molecule has 1 aliphatic heterocycles.